The van der Waals surface area contributed by atoms with Gasteiger partial charge in [-0.05, 0) is 37.3 Å². The summed E-state index contributed by atoms with van der Waals surface area (Å²) >= 11 is 0. The second kappa shape index (κ2) is 5.75. The molecule has 2 N–H and O–H groups in total. The number of aryl methyl sites for hydroxylation is 1. The molecule has 0 radical (unpaired) electrons. The zero-order valence-electron chi connectivity index (χ0n) is 11.1. The van der Waals surface area contributed by atoms with Crippen LogP contribution in [-0.2, 0) is 10.0 Å². The molecule has 20 heavy (non-hydrogen) atoms. The molecule has 0 amide bonds. The Morgan fingerprint density at radius 2 is 2.00 bits per heavy atom. The largest absolute Gasteiger partial charge is 0.393 e. The minimum absolute atomic E-state index is 0.0549. The van der Waals surface area contributed by atoms with Gasteiger partial charge in [-0.25, -0.2) is 21.9 Å². The molecule has 1 aromatic rings. The molecule has 112 valence electrons. The van der Waals surface area contributed by atoms with Crippen LogP contribution in [0.1, 0.15) is 24.8 Å². The van der Waals surface area contributed by atoms with E-state index in [1.807, 2.05) is 0 Å². The molecule has 0 heterocycles. The Kier molecular flexibility index (Phi) is 4.41. The third-order valence-corrected chi connectivity index (χ3v) is 5.10. The van der Waals surface area contributed by atoms with Crippen molar-refractivity contribution in [2.24, 2.45) is 5.92 Å². The molecule has 2 atom stereocenters. The van der Waals surface area contributed by atoms with Crippen molar-refractivity contribution in [3.8, 4) is 0 Å². The maximum Gasteiger partial charge on any atom is 0.243 e. The summed E-state index contributed by atoms with van der Waals surface area (Å²) in [5.74, 6) is -2.06. The van der Waals surface area contributed by atoms with Gasteiger partial charge in [0, 0.05) is 12.6 Å². The highest BCUT2D eigenvalue weighted by Crippen LogP contribution is 2.25. The minimum Gasteiger partial charge on any atom is -0.393 e. The minimum atomic E-state index is -4.04. The molecule has 2 rings (SSSR count). The van der Waals surface area contributed by atoms with Crippen LogP contribution in [-0.4, -0.2) is 26.2 Å². The zero-order valence-corrected chi connectivity index (χ0v) is 11.9. The second-order valence-corrected chi connectivity index (χ2v) is 6.88. The van der Waals surface area contributed by atoms with Crippen molar-refractivity contribution < 1.29 is 22.3 Å². The lowest BCUT2D eigenvalue weighted by molar-refractivity contribution is 0.134. The molecule has 0 saturated heterocycles. The van der Waals surface area contributed by atoms with Crippen molar-refractivity contribution in [3.63, 3.8) is 0 Å². The van der Waals surface area contributed by atoms with Crippen LogP contribution in [0.4, 0.5) is 8.78 Å². The number of sulfonamides is 1. The van der Waals surface area contributed by atoms with Gasteiger partial charge in [-0.15, -0.1) is 0 Å². The zero-order chi connectivity index (χ0) is 14.9. The molecule has 0 unspecified atom stereocenters. The monoisotopic (exact) mass is 305 g/mol. The maximum atomic E-state index is 13.6. The van der Waals surface area contributed by atoms with Crippen LogP contribution in [0.25, 0.3) is 0 Å². The van der Waals surface area contributed by atoms with Crippen molar-refractivity contribution in [1.82, 2.24) is 4.72 Å². The second-order valence-electron chi connectivity index (χ2n) is 5.14. The van der Waals surface area contributed by atoms with Gasteiger partial charge >= 0.3 is 0 Å². The summed E-state index contributed by atoms with van der Waals surface area (Å²) < 4.78 is 53.1. The molecule has 7 heteroatoms. The molecule has 0 aliphatic heterocycles. The summed E-state index contributed by atoms with van der Waals surface area (Å²) in [5.41, 5.74) is 0.0627. The lowest BCUT2D eigenvalue weighted by atomic mass is 10.1. The van der Waals surface area contributed by atoms with Gasteiger partial charge in [0.25, 0.3) is 0 Å². The summed E-state index contributed by atoms with van der Waals surface area (Å²) in [6.07, 6.45) is 1.69. The van der Waals surface area contributed by atoms with E-state index in [2.05, 4.69) is 4.72 Å². The lowest BCUT2D eigenvalue weighted by Gasteiger charge is -2.15. The van der Waals surface area contributed by atoms with Crippen molar-refractivity contribution in [1.29, 1.82) is 0 Å². The number of nitrogens with one attached hydrogen (secondary N) is 1. The third kappa shape index (κ3) is 3.16. The Morgan fingerprint density at radius 3 is 2.60 bits per heavy atom. The first-order valence-electron chi connectivity index (χ1n) is 6.44. The Hall–Kier alpha value is -1.05. The highest BCUT2D eigenvalue weighted by Gasteiger charge is 2.28. The summed E-state index contributed by atoms with van der Waals surface area (Å²) in [5, 5.41) is 9.63. The Morgan fingerprint density at radius 1 is 1.30 bits per heavy atom. The molecule has 1 saturated carbocycles. The number of aliphatic hydroxyl groups is 1. The summed E-state index contributed by atoms with van der Waals surface area (Å²) in [4.78, 5) is -0.566. The van der Waals surface area contributed by atoms with Gasteiger partial charge in [-0.1, -0.05) is 6.42 Å². The van der Waals surface area contributed by atoms with Crippen molar-refractivity contribution in [2.45, 2.75) is 37.2 Å². The SMILES string of the molecule is Cc1cc(S(=O)(=O)NC[C@@H]2CCC[C@H]2O)c(F)cc1F. The first-order valence-corrected chi connectivity index (χ1v) is 7.93. The number of aliphatic hydroxyl groups excluding tert-OH is 1. The molecular formula is C13H17F2NO3S. The van der Waals surface area contributed by atoms with E-state index in [1.165, 1.54) is 6.92 Å². The van der Waals surface area contributed by atoms with E-state index < -0.39 is 32.7 Å². The molecule has 1 aliphatic carbocycles. The molecule has 1 aliphatic rings. The van der Waals surface area contributed by atoms with E-state index in [9.17, 15) is 22.3 Å². The highest BCUT2D eigenvalue weighted by molar-refractivity contribution is 7.89. The smallest absolute Gasteiger partial charge is 0.243 e. The van der Waals surface area contributed by atoms with Gasteiger partial charge in [0.15, 0.2) is 0 Å². The molecule has 4 nitrogen and oxygen atoms in total. The molecule has 0 bridgehead atoms. The van der Waals surface area contributed by atoms with Gasteiger partial charge in [-0.2, -0.15) is 0 Å². The molecule has 0 aromatic heterocycles. The fourth-order valence-electron chi connectivity index (χ4n) is 2.39. The van der Waals surface area contributed by atoms with Gasteiger partial charge in [-0.3, -0.25) is 0 Å². The van der Waals surface area contributed by atoms with Gasteiger partial charge in [0.05, 0.1) is 6.10 Å². The fourth-order valence-corrected chi connectivity index (χ4v) is 3.62. The lowest BCUT2D eigenvalue weighted by Crippen LogP contribution is -2.33. The molecular weight excluding hydrogens is 288 g/mol. The average molecular weight is 305 g/mol. The summed E-state index contributed by atoms with van der Waals surface area (Å²) in [6.45, 7) is 1.42. The van der Waals surface area contributed by atoms with E-state index in [-0.39, 0.29) is 18.0 Å². The topological polar surface area (TPSA) is 66.4 Å². The van der Waals surface area contributed by atoms with Gasteiger partial charge < -0.3 is 5.11 Å². The highest BCUT2D eigenvalue weighted by atomic mass is 32.2. The predicted molar refractivity (Wildman–Crippen MR) is 69.6 cm³/mol. The van der Waals surface area contributed by atoms with E-state index in [0.29, 0.717) is 12.5 Å². The van der Waals surface area contributed by atoms with Crippen LogP contribution in [0.3, 0.4) is 0 Å². The summed E-state index contributed by atoms with van der Waals surface area (Å²) in [7, 11) is -4.04. The van der Waals surface area contributed by atoms with Crippen molar-refractivity contribution in [2.75, 3.05) is 6.54 Å². The first-order chi connectivity index (χ1) is 9.31. The number of hydrogen-bond acceptors (Lipinski definition) is 3. The summed E-state index contributed by atoms with van der Waals surface area (Å²) in [6, 6.07) is 1.53. The molecule has 1 aromatic carbocycles. The van der Waals surface area contributed by atoms with E-state index in [1.54, 1.807) is 0 Å². The van der Waals surface area contributed by atoms with Crippen LogP contribution in [0.5, 0.6) is 0 Å². The van der Waals surface area contributed by atoms with Crippen LogP contribution < -0.4 is 4.72 Å². The number of hydrogen-bond donors (Lipinski definition) is 2. The predicted octanol–water partition coefficient (Wildman–Crippen LogP) is 1.71. The molecule has 1 fully saturated rings. The number of benzene rings is 1. The quantitative estimate of drug-likeness (QED) is 0.890. The van der Waals surface area contributed by atoms with Gasteiger partial charge in [0.2, 0.25) is 10.0 Å². The van der Waals surface area contributed by atoms with E-state index in [0.717, 1.165) is 18.9 Å². The average Bonchev–Trinajstić information content (AvgIpc) is 2.77. The van der Waals surface area contributed by atoms with E-state index in [4.69, 9.17) is 0 Å². The Balaban J connectivity index is 2.16. The van der Waals surface area contributed by atoms with Crippen LogP contribution in [0.15, 0.2) is 17.0 Å². The van der Waals surface area contributed by atoms with Crippen molar-refractivity contribution >= 4 is 10.0 Å². The maximum absolute atomic E-state index is 13.6. The third-order valence-electron chi connectivity index (χ3n) is 3.66. The van der Waals surface area contributed by atoms with Crippen LogP contribution in [0.2, 0.25) is 0 Å². The first kappa shape index (κ1) is 15.3. The van der Waals surface area contributed by atoms with Gasteiger partial charge in [0.1, 0.15) is 16.5 Å². The number of halogens is 2. The standard InChI is InChI=1S/C13H17F2NO3S/c1-8-5-13(11(15)6-10(8)14)20(18,19)16-7-9-3-2-4-12(9)17/h5-6,9,12,16-17H,2-4,7H2,1H3/t9-,12+/m0/s1. The van der Waals surface area contributed by atoms with Crippen LogP contribution in [0, 0.1) is 24.5 Å². The molecule has 0 spiro atoms. The van der Waals surface area contributed by atoms with Crippen molar-refractivity contribution in [3.05, 3.63) is 29.3 Å². The fraction of sp³-hybridized carbons (Fsp3) is 0.538. The normalized spacial score (nSPS) is 23.2. The van der Waals surface area contributed by atoms with E-state index >= 15 is 0 Å². The Labute approximate surface area is 116 Å². The Bertz CT molecular complexity index is 604. The van der Waals surface area contributed by atoms with Crippen LogP contribution >= 0.6 is 0 Å². The number of rotatable bonds is 4.